The standard InChI is InChI=1S/C10H17NO/c1-2-3-4-6-9-10(12-9)7-5-8-11/h9-10H,2-7H2,1H3. The fraction of sp³-hybridized carbons (Fsp3) is 0.900. The Kier molecular flexibility index (Phi) is 4.10. The Hall–Kier alpha value is -0.550. The fourth-order valence-electron chi connectivity index (χ4n) is 1.49. The van der Waals surface area contributed by atoms with Crippen molar-refractivity contribution in [2.24, 2.45) is 0 Å². The molecule has 1 heterocycles. The van der Waals surface area contributed by atoms with E-state index < -0.39 is 0 Å². The minimum Gasteiger partial charge on any atom is -0.370 e. The van der Waals surface area contributed by atoms with Crippen molar-refractivity contribution in [3.8, 4) is 6.07 Å². The quantitative estimate of drug-likeness (QED) is 0.450. The van der Waals surface area contributed by atoms with E-state index >= 15 is 0 Å². The molecule has 0 amide bonds. The van der Waals surface area contributed by atoms with Crippen LogP contribution in [0.25, 0.3) is 0 Å². The highest BCUT2D eigenvalue weighted by atomic mass is 16.6. The lowest BCUT2D eigenvalue weighted by molar-refractivity contribution is 0.353. The molecule has 1 aliphatic rings. The highest BCUT2D eigenvalue weighted by Gasteiger charge is 2.36. The highest BCUT2D eigenvalue weighted by Crippen LogP contribution is 2.30. The molecular weight excluding hydrogens is 150 g/mol. The molecule has 68 valence electrons. The third-order valence-corrected chi connectivity index (χ3v) is 2.32. The van der Waals surface area contributed by atoms with Crippen LogP contribution < -0.4 is 0 Å². The van der Waals surface area contributed by atoms with Gasteiger partial charge < -0.3 is 4.74 Å². The summed E-state index contributed by atoms with van der Waals surface area (Å²) < 4.78 is 5.41. The molecule has 0 aliphatic carbocycles. The molecule has 12 heavy (non-hydrogen) atoms. The van der Waals surface area contributed by atoms with E-state index in [0.717, 1.165) is 6.42 Å². The van der Waals surface area contributed by atoms with Crippen molar-refractivity contribution in [1.82, 2.24) is 0 Å². The molecule has 2 heteroatoms. The molecule has 1 rings (SSSR count). The zero-order valence-corrected chi connectivity index (χ0v) is 7.75. The van der Waals surface area contributed by atoms with Crippen LogP contribution in [0.4, 0.5) is 0 Å². The molecule has 0 bridgehead atoms. The molecule has 2 nitrogen and oxygen atoms in total. The average Bonchev–Trinajstić information content (AvgIpc) is 2.81. The summed E-state index contributed by atoms with van der Waals surface area (Å²) >= 11 is 0. The van der Waals surface area contributed by atoms with E-state index in [2.05, 4.69) is 13.0 Å². The van der Waals surface area contributed by atoms with Crippen LogP contribution in [0.2, 0.25) is 0 Å². The molecule has 0 N–H and O–H groups in total. The SMILES string of the molecule is CCCCCC1OC1CCC#N. The van der Waals surface area contributed by atoms with Gasteiger partial charge in [0.05, 0.1) is 18.3 Å². The number of nitrogens with zero attached hydrogens (tertiary/aromatic N) is 1. The van der Waals surface area contributed by atoms with E-state index in [-0.39, 0.29) is 0 Å². The molecule has 0 aromatic rings. The lowest BCUT2D eigenvalue weighted by Gasteiger charge is -1.92. The number of hydrogen-bond acceptors (Lipinski definition) is 2. The molecular formula is C10H17NO. The van der Waals surface area contributed by atoms with Crippen molar-refractivity contribution in [3.63, 3.8) is 0 Å². The van der Waals surface area contributed by atoms with E-state index in [1.165, 1.54) is 25.7 Å². The van der Waals surface area contributed by atoms with Gasteiger partial charge >= 0.3 is 0 Å². The van der Waals surface area contributed by atoms with Crippen LogP contribution in [-0.4, -0.2) is 12.2 Å². The molecule has 0 radical (unpaired) electrons. The molecule has 2 unspecified atom stereocenters. The summed E-state index contributed by atoms with van der Waals surface area (Å²) in [7, 11) is 0. The van der Waals surface area contributed by atoms with Gasteiger partial charge in [-0.1, -0.05) is 26.2 Å². The van der Waals surface area contributed by atoms with Gasteiger partial charge in [0.15, 0.2) is 0 Å². The van der Waals surface area contributed by atoms with Crippen LogP contribution in [0.5, 0.6) is 0 Å². The minimum atomic E-state index is 0.418. The number of nitriles is 1. The van der Waals surface area contributed by atoms with Gasteiger partial charge in [0.25, 0.3) is 0 Å². The summed E-state index contributed by atoms with van der Waals surface area (Å²) in [5.41, 5.74) is 0. The summed E-state index contributed by atoms with van der Waals surface area (Å²) in [6.07, 6.45) is 7.56. The summed E-state index contributed by atoms with van der Waals surface area (Å²) in [5, 5.41) is 8.34. The lowest BCUT2D eigenvalue weighted by atomic mass is 10.1. The summed E-state index contributed by atoms with van der Waals surface area (Å²) in [4.78, 5) is 0. The first-order valence-electron chi connectivity index (χ1n) is 4.91. The highest BCUT2D eigenvalue weighted by molar-refractivity contribution is 4.87. The maximum Gasteiger partial charge on any atom is 0.0851 e. The Morgan fingerprint density at radius 2 is 2.00 bits per heavy atom. The van der Waals surface area contributed by atoms with Crippen LogP contribution in [0.3, 0.4) is 0 Å². The van der Waals surface area contributed by atoms with Crippen LogP contribution >= 0.6 is 0 Å². The van der Waals surface area contributed by atoms with Gasteiger partial charge in [-0.15, -0.1) is 0 Å². The van der Waals surface area contributed by atoms with E-state index in [1.807, 2.05) is 0 Å². The van der Waals surface area contributed by atoms with Gasteiger partial charge in [0.2, 0.25) is 0 Å². The van der Waals surface area contributed by atoms with Crippen LogP contribution in [0.1, 0.15) is 45.4 Å². The maximum absolute atomic E-state index is 8.34. The smallest absolute Gasteiger partial charge is 0.0851 e. The van der Waals surface area contributed by atoms with Crippen molar-refractivity contribution in [2.45, 2.75) is 57.7 Å². The molecule has 1 aliphatic heterocycles. The predicted octanol–water partition coefficient (Wildman–Crippen LogP) is 2.64. The van der Waals surface area contributed by atoms with Crippen molar-refractivity contribution >= 4 is 0 Å². The van der Waals surface area contributed by atoms with Crippen LogP contribution in [-0.2, 0) is 4.74 Å². The second-order valence-electron chi connectivity index (χ2n) is 3.41. The first kappa shape index (κ1) is 9.54. The normalized spacial score (nSPS) is 26.7. The third kappa shape index (κ3) is 3.23. The largest absolute Gasteiger partial charge is 0.370 e. The molecule has 1 saturated heterocycles. The Morgan fingerprint density at radius 1 is 1.25 bits per heavy atom. The second kappa shape index (κ2) is 5.16. The topological polar surface area (TPSA) is 36.3 Å². The van der Waals surface area contributed by atoms with Crippen LogP contribution in [0.15, 0.2) is 0 Å². The summed E-state index contributed by atoms with van der Waals surface area (Å²) in [5.74, 6) is 0. The Labute approximate surface area is 74.5 Å². The average molecular weight is 167 g/mol. The first-order chi connectivity index (χ1) is 5.88. The predicted molar refractivity (Wildman–Crippen MR) is 47.7 cm³/mol. The number of unbranched alkanes of at least 4 members (excludes halogenated alkanes) is 2. The monoisotopic (exact) mass is 167 g/mol. The van der Waals surface area contributed by atoms with Crippen molar-refractivity contribution in [3.05, 3.63) is 0 Å². The van der Waals surface area contributed by atoms with Crippen molar-refractivity contribution < 1.29 is 4.74 Å². The van der Waals surface area contributed by atoms with E-state index in [4.69, 9.17) is 10.00 Å². The molecule has 1 fully saturated rings. The van der Waals surface area contributed by atoms with E-state index in [1.54, 1.807) is 0 Å². The second-order valence-corrected chi connectivity index (χ2v) is 3.41. The number of epoxide rings is 1. The molecule has 0 aromatic carbocycles. The molecule has 0 aromatic heterocycles. The molecule has 0 saturated carbocycles. The zero-order valence-electron chi connectivity index (χ0n) is 7.75. The summed E-state index contributed by atoms with van der Waals surface area (Å²) in [6.45, 7) is 2.21. The number of rotatable bonds is 6. The number of hydrogen-bond donors (Lipinski definition) is 0. The lowest BCUT2D eigenvalue weighted by Crippen LogP contribution is -1.93. The van der Waals surface area contributed by atoms with Gasteiger partial charge in [-0.25, -0.2) is 0 Å². The molecule has 0 spiro atoms. The van der Waals surface area contributed by atoms with Crippen LogP contribution in [0, 0.1) is 11.3 Å². The van der Waals surface area contributed by atoms with E-state index in [9.17, 15) is 0 Å². The van der Waals surface area contributed by atoms with Gasteiger partial charge in [0.1, 0.15) is 0 Å². The first-order valence-corrected chi connectivity index (χ1v) is 4.91. The van der Waals surface area contributed by atoms with Crippen molar-refractivity contribution in [2.75, 3.05) is 0 Å². The Balaban J connectivity index is 1.90. The van der Waals surface area contributed by atoms with Gasteiger partial charge in [-0.05, 0) is 12.8 Å². The Bertz CT molecular complexity index is 162. The number of ether oxygens (including phenoxy) is 1. The van der Waals surface area contributed by atoms with Gasteiger partial charge in [-0.2, -0.15) is 5.26 Å². The molecule has 2 atom stereocenters. The Morgan fingerprint density at radius 3 is 2.67 bits per heavy atom. The van der Waals surface area contributed by atoms with Gasteiger partial charge in [0, 0.05) is 6.42 Å². The minimum absolute atomic E-state index is 0.418. The zero-order chi connectivity index (χ0) is 8.81. The van der Waals surface area contributed by atoms with Crippen molar-refractivity contribution in [1.29, 1.82) is 5.26 Å². The fourth-order valence-corrected chi connectivity index (χ4v) is 1.49. The van der Waals surface area contributed by atoms with E-state index in [0.29, 0.717) is 18.6 Å². The van der Waals surface area contributed by atoms with Gasteiger partial charge in [-0.3, -0.25) is 0 Å². The maximum atomic E-state index is 8.34. The summed E-state index contributed by atoms with van der Waals surface area (Å²) in [6, 6.07) is 2.15. The third-order valence-electron chi connectivity index (χ3n) is 2.32.